The Labute approximate surface area is 127 Å². The Morgan fingerprint density at radius 3 is 2.62 bits per heavy atom. The van der Waals surface area contributed by atoms with Crippen LogP contribution in [-0.2, 0) is 13.6 Å². The van der Waals surface area contributed by atoms with Crippen molar-refractivity contribution in [3.05, 3.63) is 24.0 Å². The number of likely N-dealkylation sites (tertiary alicyclic amines) is 1. The minimum absolute atomic E-state index is 0.555. The number of piperidine rings is 1. The van der Waals surface area contributed by atoms with Gasteiger partial charge in [-0.2, -0.15) is 0 Å². The molecule has 0 atom stereocenters. The molecular formula is C16H27N5. The van der Waals surface area contributed by atoms with E-state index in [2.05, 4.69) is 50.5 Å². The number of hydrogen-bond donors (Lipinski definition) is 2. The smallest absolute Gasteiger partial charge is 0.191 e. The third kappa shape index (κ3) is 3.79. The molecule has 2 heterocycles. The van der Waals surface area contributed by atoms with Crippen LogP contribution in [0.15, 0.2) is 23.3 Å². The molecular weight excluding hydrogens is 262 g/mol. The van der Waals surface area contributed by atoms with Gasteiger partial charge in [0.05, 0.1) is 6.54 Å². The van der Waals surface area contributed by atoms with Crippen LogP contribution in [0.3, 0.4) is 0 Å². The maximum atomic E-state index is 4.35. The SMILES string of the molecule is CN=C(NCc1cccn1C)NC1CCN(C2CC2)CC1. The Kier molecular flexibility index (Phi) is 4.48. The summed E-state index contributed by atoms with van der Waals surface area (Å²) in [5, 5.41) is 6.98. The fraction of sp³-hybridized carbons (Fsp3) is 0.688. The molecule has 0 bridgehead atoms. The third-order valence-electron chi connectivity index (χ3n) is 4.65. The largest absolute Gasteiger partial charge is 0.354 e. The Morgan fingerprint density at radius 2 is 2.05 bits per heavy atom. The van der Waals surface area contributed by atoms with Crippen molar-refractivity contribution in [3.63, 3.8) is 0 Å². The summed E-state index contributed by atoms with van der Waals surface area (Å²) in [4.78, 5) is 7.00. The number of hydrogen-bond acceptors (Lipinski definition) is 2. The summed E-state index contributed by atoms with van der Waals surface area (Å²) in [5.41, 5.74) is 1.27. The van der Waals surface area contributed by atoms with Gasteiger partial charge in [-0.05, 0) is 37.8 Å². The summed E-state index contributed by atoms with van der Waals surface area (Å²) in [7, 11) is 3.92. The van der Waals surface area contributed by atoms with Crippen molar-refractivity contribution in [3.8, 4) is 0 Å². The average molecular weight is 289 g/mol. The first-order valence-corrected chi connectivity index (χ1v) is 8.07. The van der Waals surface area contributed by atoms with Crippen molar-refractivity contribution < 1.29 is 0 Å². The van der Waals surface area contributed by atoms with Crippen LogP contribution in [0.5, 0.6) is 0 Å². The van der Waals surface area contributed by atoms with Gasteiger partial charge < -0.3 is 20.1 Å². The molecule has 2 fully saturated rings. The molecule has 21 heavy (non-hydrogen) atoms. The molecule has 2 N–H and O–H groups in total. The Balaban J connectivity index is 1.43. The average Bonchev–Trinajstić information content (AvgIpc) is 3.27. The van der Waals surface area contributed by atoms with E-state index in [4.69, 9.17) is 0 Å². The second-order valence-corrected chi connectivity index (χ2v) is 6.22. The van der Waals surface area contributed by atoms with Gasteiger partial charge in [-0.25, -0.2) is 0 Å². The van der Waals surface area contributed by atoms with E-state index in [9.17, 15) is 0 Å². The standard InChI is InChI=1S/C16H27N5/c1-17-16(18-12-15-4-3-9-20(15)2)19-13-7-10-21(11-8-13)14-5-6-14/h3-4,9,13-14H,5-8,10-12H2,1-2H3,(H2,17,18,19). The molecule has 3 rings (SSSR count). The second-order valence-electron chi connectivity index (χ2n) is 6.22. The van der Waals surface area contributed by atoms with Gasteiger partial charge in [-0.15, -0.1) is 0 Å². The van der Waals surface area contributed by atoms with E-state index in [1.54, 1.807) is 0 Å². The first kappa shape index (κ1) is 14.4. The summed E-state index contributed by atoms with van der Waals surface area (Å²) in [5.74, 6) is 0.918. The van der Waals surface area contributed by atoms with Gasteiger partial charge >= 0.3 is 0 Å². The molecule has 0 amide bonds. The highest BCUT2D eigenvalue weighted by Crippen LogP contribution is 2.29. The van der Waals surface area contributed by atoms with Gasteiger partial charge in [-0.3, -0.25) is 4.99 Å². The highest BCUT2D eigenvalue weighted by atomic mass is 15.2. The van der Waals surface area contributed by atoms with Crippen molar-refractivity contribution in [1.82, 2.24) is 20.1 Å². The van der Waals surface area contributed by atoms with Crippen LogP contribution in [-0.4, -0.2) is 47.6 Å². The molecule has 0 radical (unpaired) electrons. The molecule has 5 nitrogen and oxygen atoms in total. The van der Waals surface area contributed by atoms with Gasteiger partial charge in [0.15, 0.2) is 5.96 Å². The summed E-state index contributed by atoms with van der Waals surface area (Å²) in [6.07, 6.45) is 7.35. The predicted octanol–water partition coefficient (Wildman–Crippen LogP) is 1.32. The van der Waals surface area contributed by atoms with E-state index in [0.29, 0.717) is 6.04 Å². The van der Waals surface area contributed by atoms with E-state index < -0.39 is 0 Å². The van der Waals surface area contributed by atoms with Crippen LogP contribution in [0.2, 0.25) is 0 Å². The quantitative estimate of drug-likeness (QED) is 0.649. The highest BCUT2D eigenvalue weighted by molar-refractivity contribution is 5.79. The third-order valence-corrected chi connectivity index (χ3v) is 4.65. The summed E-state index contributed by atoms with van der Waals surface area (Å²) >= 11 is 0. The van der Waals surface area contributed by atoms with Crippen molar-refractivity contribution >= 4 is 5.96 Å². The van der Waals surface area contributed by atoms with E-state index >= 15 is 0 Å². The molecule has 116 valence electrons. The van der Waals surface area contributed by atoms with Crippen LogP contribution in [0.1, 0.15) is 31.4 Å². The molecule has 1 aliphatic carbocycles. The fourth-order valence-corrected chi connectivity index (χ4v) is 3.09. The van der Waals surface area contributed by atoms with Gasteiger partial charge in [-0.1, -0.05) is 0 Å². The number of rotatable bonds is 4. The van der Waals surface area contributed by atoms with E-state index in [1.165, 1.54) is 44.5 Å². The van der Waals surface area contributed by atoms with Gasteiger partial charge in [0, 0.05) is 51.2 Å². The normalized spacial score (nSPS) is 21.5. The summed E-state index contributed by atoms with van der Waals surface area (Å²) in [6, 6.07) is 5.66. The zero-order valence-electron chi connectivity index (χ0n) is 13.2. The molecule has 1 aliphatic heterocycles. The van der Waals surface area contributed by atoms with Crippen LogP contribution >= 0.6 is 0 Å². The molecule has 0 spiro atoms. The monoisotopic (exact) mass is 289 g/mol. The zero-order valence-corrected chi connectivity index (χ0v) is 13.2. The molecule has 2 aliphatic rings. The van der Waals surface area contributed by atoms with Gasteiger partial charge in [0.1, 0.15) is 0 Å². The van der Waals surface area contributed by atoms with Crippen LogP contribution in [0.4, 0.5) is 0 Å². The van der Waals surface area contributed by atoms with Crippen LogP contribution in [0.25, 0.3) is 0 Å². The molecule has 5 heteroatoms. The maximum absolute atomic E-state index is 4.35. The van der Waals surface area contributed by atoms with Crippen molar-refractivity contribution in [2.45, 2.75) is 44.3 Å². The number of aryl methyl sites for hydroxylation is 1. The molecule has 1 aromatic rings. The lowest BCUT2D eigenvalue weighted by Crippen LogP contribution is -2.48. The van der Waals surface area contributed by atoms with E-state index in [0.717, 1.165) is 18.5 Å². The van der Waals surface area contributed by atoms with E-state index in [1.807, 2.05) is 7.05 Å². The maximum Gasteiger partial charge on any atom is 0.191 e. The lowest BCUT2D eigenvalue weighted by molar-refractivity contribution is 0.197. The topological polar surface area (TPSA) is 44.6 Å². The number of aliphatic imine (C=N–C) groups is 1. The highest BCUT2D eigenvalue weighted by Gasteiger charge is 2.31. The first-order chi connectivity index (χ1) is 10.3. The number of nitrogens with one attached hydrogen (secondary N) is 2. The number of aromatic nitrogens is 1. The fourth-order valence-electron chi connectivity index (χ4n) is 3.09. The lowest BCUT2D eigenvalue weighted by Gasteiger charge is -2.33. The molecule has 0 aromatic carbocycles. The Morgan fingerprint density at radius 1 is 1.29 bits per heavy atom. The lowest BCUT2D eigenvalue weighted by atomic mass is 10.1. The van der Waals surface area contributed by atoms with E-state index in [-0.39, 0.29) is 0 Å². The first-order valence-electron chi connectivity index (χ1n) is 8.07. The zero-order chi connectivity index (χ0) is 14.7. The van der Waals surface area contributed by atoms with Crippen molar-refractivity contribution in [2.75, 3.05) is 20.1 Å². The van der Waals surface area contributed by atoms with Crippen LogP contribution < -0.4 is 10.6 Å². The molecule has 0 unspecified atom stereocenters. The van der Waals surface area contributed by atoms with Gasteiger partial charge in [0.2, 0.25) is 0 Å². The Hall–Kier alpha value is -1.49. The minimum Gasteiger partial charge on any atom is -0.354 e. The Bertz CT molecular complexity index is 481. The molecule has 1 aromatic heterocycles. The molecule has 1 saturated carbocycles. The number of guanidine groups is 1. The summed E-state index contributed by atoms with van der Waals surface area (Å²) < 4.78 is 2.13. The van der Waals surface area contributed by atoms with Gasteiger partial charge in [0.25, 0.3) is 0 Å². The number of nitrogens with zero attached hydrogens (tertiary/aromatic N) is 3. The minimum atomic E-state index is 0.555. The summed E-state index contributed by atoms with van der Waals surface area (Å²) in [6.45, 7) is 3.28. The van der Waals surface area contributed by atoms with Crippen molar-refractivity contribution in [1.29, 1.82) is 0 Å². The predicted molar refractivity (Wildman–Crippen MR) is 86.4 cm³/mol. The van der Waals surface area contributed by atoms with Crippen molar-refractivity contribution in [2.24, 2.45) is 12.0 Å². The second kappa shape index (κ2) is 6.52. The molecule has 1 saturated heterocycles. The van der Waals surface area contributed by atoms with Crippen LogP contribution in [0, 0.1) is 0 Å².